The molecule has 0 aromatic heterocycles. The molecule has 0 rings (SSSR count). The van der Waals surface area contributed by atoms with Crippen LogP contribution in [0.15, 0.2) is 0 Å². The van der Waals surface area contributed by atoms with Crippen LogP contribution in [0, 0.1) is 5.92 Å². The summed E-state index contributed by atoms with van der Waals surface area (Å²) in [5.74, 6) is 0.847. The van der Waals surface area contributed by atoms with Crippen LogP contribution in [0.3, 0.4) is 0 Å². The summed E-state index contributed by atoms with van der Waals surface area (Å²) in [6.45, 7) is 6.06. The molecule has 0 aliphatic heterocycles. The van der Waals surface area contributed by atoms with Crippen molar-refractivity contribution in [3.8, 4) is 0 Å². The van der Waals surface area contributed by atoms with Gasteiger partial charge in [-0.3, -0.25) is 4.79 Å². The van der Waals surface area contributed by atoms with Crippen molar-refractivity contribution in [2.45, 2.75) is 104 Å². The fourth-order valence-electron chi connectivity index (χ4n) is 3.10. The molecule has 26 heavy (non-hydrogen) atoms. The molecule has 0 radical (unpaired) electrons. The van der Waals surface area contributed by atoms with Gasteiger partial charge >= 0.3 is 5.97 Å². The van der Waals surface area contributed by atoms with Gasteiger partial charge in [-0.2, -0.15) is 0 Å². The van der Waals surface area contributed by atoms with E-state index in [2.05, 4.69) is 35.0 Å². The maximum atomic E-state index is 11.6. The molecular weight excluding hydrogens is 322 g/mol. The molecule has 0 unspecified atom stereocenters. The van der Waals surface area contributed by atoms with Crippen LogP contribution in [-0.2, 0) is 9.53 Å². The number of carbonyl (C=O) groups excluding carboxylic acids is 1. The fraction of sp³-hybridized carbons (Fsp3) is 0.957. The first-order chi connectivity index (χ1) is 12.3. The predicted molar refractivity (Wildman–Crippen MR) is 113 cm³/mol. The molecule has 0 heterocycles. The molecule has 0 aromatic rings. The van der Waals surface area contributed by atoms with E-state index < -0.39 is 0 Å². The third-order valence-corrected chi connectivity index (χ3v) is 4.94. The van der Waals surface area contributed by atoms with Crippen molar-refractivity contribution in [3.05, 3.63) is 0 Å². The van der Waals surface area contributed by atoms with Crippen LogP contribution in [0.4, 0.5) is 0 Å². The molecule has 0 amide bonds. The molecule has 0 spiro atoms. The van der Waals surface area contributed by atoms with Gasteiger partial charge in [0.05, 0.1) is 21.1 Å². The highest BCUT2D eigenvalue weighted by atomic mass is 16.5. The second kappa shape index (κ2) is 16.6. The first-order valence-corrected chi connectivity index (χ1v) is 11.3. The summed E-state index contributed by atoms with van der Waals surface area (Å²) >= 11 is 0. The van der Waals surface area contributed by atoms with Crippen molar-refractivity contribution < 1.29 is 14.0 Å². The maximum Gasteiger partial charge on any atom is 0.305 e. The number of likely N-dealkylation sites (N-methyl/N-ethyl adjacent to an activating group) is 1. The average Bonchev–Trinajstić information content (AvgIpc) is 2.53. The highest BCUT2D eigenvalue weighted by Gasteiger charge is 2.09. The molecule has 0 aromatic carbocycles. The Morgan fingerprint density at radius 3 is 1.58 bits per heavy atom. The van der Waals surface area contributed by atoms with Gasteiger partial charge in [-0.1, -0.05) is 90.9 Å². The maximum absolute atomic E-state index is 11.6. The smallest absolute Gasteiger partial charge is 0.305 e. The van der Waals surface area contributed by atoms with Crippen molar-refractivity contribution in [2.75, 3.05) is 34.3 Å². The van der Waals surface area contributed by atoms with E-state index in [1.807, 2.05) is 0 Å². The van der Waals surface area contributed by atoms with Crippen molar-refractivity contribution in [3.63, 3.8) is 0 Å². The molecule has 0 bridgehead atoms. The van der Waals surface area contributed by atoms with Gasteiger partial charge in [0.25, 0.3) is 0 Å². The van der Waals surface area contributed by atoms with Crippen LogP contribution in [0.5, 0.6) is 0 Å². The number of rotatable bonds is 18. The number of quaternary nitrogens is 1. The zero-order valence-electron chi connectivity index (χ0n) is 18.7. The van der Waals surface area contributed by atoms with Gasteiger partial charge < -0.3 is 9.22 Å². The zero-order chi connectivity index (χ0) is 19.7. The summed E-state index contributed by atoms with van der Waals surface area (Å²) in [7, 11) is 6.34. The normalized spacial score (nSPS) is 11.9. The molecule has 0 atom stereocenters. The third-order valence-electron chi connectivity index (χ3n) is 4.94. The van der Waals surface area contributed by atoms with Crippen molar-refractivity contribution in [2.24, 2.45) is 5.92 Å². The Morgan fingerprint density at radius 1 is 0.731 bits per heavy atom. The standard InChI is InChI=1S/C23H48NO2/c1-22(2)18-16-14-12-10-8-6-7-9-11-13-15-17-19-23(25)26-21-20-24(3,4)5/h22H,6-21H2,1-5H3/q+1. The highest BCUT2D eigenvalue weighted by Crippen LogP contribution is 2.14. The molecule has 3 heteroatoms. The average molecular weight is 371 g/mol. The molecule has 0 aliphatic carbocycles. The summed E-state index contributed by atoms with van der Waals surface area (Å²) in [6.07, 6.45) is 18.0. The van der Waals surface area contributed by atoms with E-state index in [0.717, 1.165) is 23.4 Å². The first kappa shape index (κ1) is 25.4. The fourth-order valence-corrected chi connectivity index (χ4v) is 3.10. The van der Waals surface area contributed by atoms with E-state index in [1.165, 1.54) is 77.0 Å². The first-order valence-electron chi connectivity index (χ1n) is 11.3. The predicted octanol–water partition coefficient (Wildman–Crippen LogP) is 6.35. The van der Waals surface area contributed by atoms with Crippen LogP contribution in [0.2, 0.25) is 0 Å². The lowest BCUT2D eigenvalue weighted by Crippen LogP contribution is -2.37. The summed E-state index contributed by atoms with van der Waals surface area (Å²) < 4.78 is 6.12. The van der Waals surface area contributed by atoms with E-state index in [9.17, 15) is 4.79 Å². The lowest BCUT2D eigenvalue weighted by atomic mass is 10.0. The molecule has 156 valence electrons. The summed E-state index contributed by atoms with van der Waals surface area (Å²) in [5, 5.41) is 0. The summed E-state index contributed by atoms with van der Waals surface area (Å²) in [4.78, 5) is 11.6. The monoisotopic (exact) mass is 370 g/mol. The lowest BCUT2D eigenvalue weighted by Gasteiger charge is -2.23. The largest absolute Gasteiger partial charge is 0.460 e. The second-order valence-corrected chi connectivity index (χ2v) is 9.41. The van der Waals surface area contributed by atoms with Gasteiger partial charge in [0.2, 0.25) is 0 Å². The van der Waals surface area contributed by atoms with Gasteiger partial charge in [0.1, 0.15) is 13.2 Å². The Bertz CT molecular complexity index is 321. The van der Waals surface area contributed by atoms with E-state index in [0.29, 0.717) is 13.0 Å². The van der Waals surface area contributed by atoms with E-state index >= 15 is 0 Å². The Labute approximate surface area is 164 Å². The summed E-state index contributed by atoms with van der Waals surface area (Å²) in [5.41, 5.74) is 0. The molecule has 0 aliphatic rings. The van der Waals surface area contributed by atoms with Gasteiger partial charge in [0.15, 0.2) is 0 Å². The minimum atomic E-state index is -0.0214. The second-order valence-electron chi connectivity index (χ2n) is 9.41. The third kappa shape index (κ3) is 21.5. The van der Waals surface area contributed by atoms with Crippen LogP contribution < -0.4 is 0 Å². The molecular formula is C23H48NO2+. The Hall–Kier alpha value is -0.570. The van der Waals surface area contributed by atoms with Gasteiger partial charge in [-0.25, -0.2) is 0 Å². The SMILES string of the molecule is CC(C)CCCCCCCCCCCCCCC(=O)OCC[N+](C)(C)C. The molecule has 3 nitrogen and oxygen atoms in total. The van der Waals surface area contributed by atoms with Crippen molar-refractivity contribution in [1.82, 2.24) is 0 Å². The van der Waals surface area contributed by atoms with Crippen LogP contribution in [0.25, 0.3) is 0 Å². The van der Waals surface area contributed by atoms with Crippen molar-refractivity contribution >= 4 is 5.97 Å². The minimum Gasteiger partial charge on any atom is -0.460 e. The number of carbonyl (C=O) groups is 1. The Morgan fingerprint density at radius 2 is 1.15 bits per heavy atom. The number of hydrogen-bond donors (Lipinski definition) is 0. The van der Waals surface area contributed by atoms with E-state index in [4.69, 9.17) is 4.74 Å². The quantitative estimate of drug-likeness (QED) is 0.159. The van der Waals surface area contributed by atoms with Crippen LogP contribution in [0.1, 0.15) is 104 Å². The van der Waals surface area contributed by atoms with E-state index in [-0.39, 0.29) is 5.97 Å². The van der Waals surface area contributed by atoms with Gasteiger partial charge in [-0.05, 0) is 12.3 Å². The minimum absolute atomic E-state index is 0.0214. The number of unbranched alkanes of at least 4 members (excludes halogenated alkanes) is 11. The van der Waals surface area contributed by atoms with Gasteiger partial charge in [0, 0.05) is 6.42 Å². The molecule has 0 fully saturated rings. The number of ether oxygens (including phenoxy) is 1. The molecule has 0 saturated carbocycles. The van der Waals surface area contributed by atoms with Gasteiger partial charge in [-0.15, -0.1) is 0 Å². The lowest BCUT2D eigenvalue weighted by molar-refractivity contribution is -0.870. The van der Waals surface area contributed by atoms with Crippen LogP contribution >= 0.6 is 0 Å². The molecule has 0 N–H and O–H groups in total. The zero-order valence-corrected chi connectivity index (χ0v) is 18.7. The summed E-state index contributed by atoms with van der Waals surface area (Å²) in [6, 6.07) is 0. The Kier molecular flexibility index (Phi) is 16.2. The molecule has 0 saturated heterocycles. The van der Waals surface area contributed by atoms with E-state index in [1.54, 1.807) is 0 Å². The number of esters is 1. The Balaban J connectivity index is 3.18. The van der Waals surface area contributed by atoms with Crippen LogP contribution in [-0.4, -0.2) is 44.7 Å². The number of hydrogen-bond acceptors (Lipinski definition) is 2. The number of nitrogens with zero attached hydrogens (tertiary/aromatic N) is 1. The van der Waals surface area contributed by atoms with Crippen molar-refractivity contribution in [1.29, 1.82) is 0 Å². The highest BCUT2D eigenvalue weighted by molar-refractivity contribution is 5.69. The topological polar surface area (TPSA) is 26.3 Å².